The standard InChI is InChI=1S/C18H24N5O7/c1-19-2-7-23(13-19)14(24)8-20(3-5-21-9-15(25)29-16(26)10-21)4-6-22-11-17(27)30-18(28)12-22/h2,7,13H,3-6,8-12H2,1H3/q+1. The van der Waals surface area contributed by atoms with Gasteiger partial charge in [-0.05, 0) is 0 Å². The van der Waals surface area contributed by atoms with Crippen LogP contribution in [0, 0.1) is 0 Å². The molecule has 1 aromatic heterocycles. The third kappa shape index (κ3) is 6.27. The number of cyclic esters (lactones) is 4. The Balaban J connectivity index is 1.59. The molecule has 3 heterocycles. The number of aromatic nitrogens is 2. The number of carbonyl (C=O) groups is 5. The summed E-state index contributed by atoms with van der Waals surface area (Å²) in [5, 5.41) is 0. The molecule has 2 aliphatic rings. The fourth-order valence-electron chi connectivity index (χ4n) is 3.25. The van der Waals surface area contributed by atoms with Crippen molar-refractivity contribution in [2.45, 2.75) is 0 Å². The van der Waals surface area contributed by atoms with Crippen LogP contribution in [0.1, 0.15) is 4.79 Å². The van der Waals surface area contributed by atoms with Crippen molar-refractivity contribution in [2.75, 3.05) is 58.9 Å². The summed E-state index contributed by atoms with van der Waals surface area (Å²) in [6.07, 6.45) is 5.05. The number of imidazole rings is 1. The van der Waals surface area contributed by atoms with Gasteiger partial charge in [-0.2, -0.15) is 4.57 Å². The first-order valence-corrected chi connectivity index (χ1v) is 9.49. The summed E-state index contributed by atoms with van der Waals surface area (Å²) >= 11 is 0. The van der Waals surface area contributed by atoms with E-state index in [0.717, 1.165) is 0 Å². The fraction of sp³-hybridized carbons (Fsp3) is 0.556. The molecule has 0 amide bonds. The Morgan fingerprint density at radius 2 is 1.40 bits per heavy atom. The molecule has 0 saturated carbocycles. The predicted octanol–water partition coefficient (Wildman–Crippen LogP) is -2.97. The zero-order valence-electron chi connectivity index (χ0n) is 16.7. The number of ether oxygens (including phenoxy) is 2. The molecule has 1 aromatic rings. The Morgan fingerprint density at radius 1 is 0.933 bits per heavy atom. The lowest BCUT2D eigenvalue weighted by atomic mass is 10.3. The fourth-order valence-corrected chi connectivity index (χ4v) is 3.25. The number of morpholine rings is 2. The van der Waals surface area contributed by atoms with E-state index in [1.807, 2.05) is 4.90 Å². The lowest BCUT2D eigenvalue weighted by Crippen LogP contribution is -2.49. The van der Waals surface area contributed by atoms with Crippen molar-refractivity contribution in [3.63, 3.8) is 0 Å². The molecule has 0 radical (unpaired) electrons. The van der Waals surface area contributed by atoms with E-state index in [1.54, 1.807) is 40.1 Å². The molecule has 162 valence electrons. The van der Waals surface area contributed by atoms with Crippen LogP contribution in [0.3, 0.4) is 0 Å². The highest BCUT2D eigenvalue weighted by Gasteiger charge is 2.27. The summed E-state index contributed by atoms with van der Waals surface area (Å²) in [4.78, 5) is 63.6. The van der Waals surface area contributed by atoms with Crippen LogP contribution in [0.25, 0.3) is 0 Å². The highest BCUT2D eigenvalue weighted by Crippen LogP contribution is 2.04. The van der Waals surface area contributed by atoms with Crippen molar-refractivity contribution in [3.05, 3.63) is 18.7 Å². The van der Waals surface area contributed by atoms with Crippen LogP contribution in [0.2, 0.25) is 0 Å². The highest BCUT2D eigenvalue weighted by molar-refractivity contribution is 5.90. The monoisotopic (exact) mass is 422 g/mol. The predicted molar refractivity (Wildman–Crippen MR) is 97.8 cm³/mol. The molecule has 0 aliphatic carbocycles. The molecule has 12 nitrogen and oxygen atoms in total. The molecule has 2 fully saturated rings. The van der Waals surface area contributed by atoms with E-state index >= 15 is 0 Å². The van der Waals surface area contributed by atoms with Crippen molar-refractivity contribution >= 4 is 29.8 Å². The van der Waals surface area contributed by atoms with E-state index in [0.29, 0.717) is 26.2 Å². The molecule has 0 spiro atoms. The molecule has 2 saturated heterocycles. The molecule has 0 unspecified atom stereocenters. The van der Waals surface area contributed by atoms with E-state index in [-0.39, 0.29) is 38.6 Å². The van der Waals surface area contributed by atoms with Gasteiger partial charge in [0.2, 0.25) is 0 Å². The third-order valence-electron chi connectivity index (χ3n) is 4.75. The minimum Gasteiger partial charge on any atom is -0.391 e. The van der Waals surface area contributed by atoms with Crippen LogP contribution in [0.15, 0.2) is 18.7 Å². The Hall–Kier alpha value is -2.96. The van der Waals surface area contributed by atoms with Gasteiger partial charge in [0, 0.05) is 26.2 Å². The first kappa shape index (κ1) is 21.7. The Bertz CT molecular complexity index is 778. The van der Waals surface area contributed by atoms with Crippen LogP contribution >= 0.6 is 0 Å². The normalized spacial score (nSPS) is 18.6. The molecule has 12 heteroatoms. The molecule has 0 atom stereocenters. The second-order valence-electron chi connectivity index (χ2n) is 7.27. The van der Waals surface area contributed by atoms with Crippen molar-refractivity contribution in [1.29, 1.82) is 0 Å². The first-order chi connectivity index (χ1) is 14.3. The van der Waals surface area contributed by atoms with Gasteiger partial charge in [-0.3, -0.25) is 33.9 Å². The Labute approximate surface area is 172 Å². The molecule has 3 rings (SSSR count). The van der Waals surface area contributed by atoms with Crippen molar-refractivity contribution in [1.82, 2.24) is 19.3 Å². The van der Waals surface area contributed by atoms with E-state index < -0.39 is 23.9 Å². The van der Waals surface area contributed by atoms with Crippen LogP contribution in [-0.4, -0.2) is 108 Å². The molecule has 0 N–H and O–H groups in total. The third-order valence-corrected chi connectivity index (χ3v) is 4.75. The largest absolute Gasteiger partial charge is 0.391 e. The number of rotatable bonds is 8. The van der Waals surface area contributed by atoms with Gasteiger partial charge < -0.3 is 9.47 Å². The number of hydrogen-bond donors (Lipinski definition) is 0. The summed E-state index contributed by atoms with van der Waals surface area (Å²) in [6.45, 7) is 1.70. The van der Waals surface area contributed by atoms with Gasteiger partial charge in [-0.15, -0.1) is 0 Å². The van der Waals surface area contributed by atoms with E-state index in [4.69, 9.17) is 0 Å². The molecule has 0 aromatic carbocycles. The maximum Gasteiger partial charge on any atom is 0.328 e. The summed E-state index contributed by atoms with van der Waals surface area (Å²) in [5.74, 6) is -2.55. The number of hydrogen-bond acceptors (Lipinski definition) is 10. The second-order valence-corrected chi connectivity index (χ2v) is 7.27. The van der Waals surface area contributed by atoms with E-state index in [2.05, 4.69) is 9.47 Å². The average Bonchev–Trinajstić information content (AvgIpc) is 3.09. The molecular weight excluding hydrogens is 398 g/mol. The zero-order valence-corrected chi connectivity index (χ0v) is 16.7. The second kappa shape index (κ2) is 9.69. The van der Waals surface area contributed by atoms with Gasteiger partial charge in [0.1, 0.15) is 18.9 Å². The molecule has 2 aliphatic heterocycles. The van der Waals surface area contributed by atoms with Crippen LogP contribution in [0.5, 0.6) is 0 Å². The van der Waals surface area contributed by atoms with Gasteiger partial charge in [0.25, 0.3) is 6.33 Å². The number of nitrogens with zero attached hydrogens (tertiary/aromatic N) is 5. The van der Waals surface area contributed by atoms with E-state index in [9.17, 15) is 24.0 Å². The Kier molecular flexibility index (Phi) is 7.03. The van der Waals surface area contributed by atoms with Gasteiger partial charge in [-0.1, -0.05) is 0 Å². The zero-order chi connectivity index (χ0) is 21.7. The van der Waals surface area contributed by atoms with Gasteiger partial charge in [-0.25, -0.2) is 9.36 Å². The lowest BCUT2D eigenvalue weighted by Gasteiger charge is -2.30. The number of esters is 4. The van der Waals surface area contributed by atoms with Gasteiger partial charge in [0.05, 0.1) is 33.2 Å². The topological polar surface area (TPSA) is 122 Å². The summed E-state index contributed by atoms with van der Waals surface area (Å²) < 4.78 is 12.3. The van der Waals surface area contributed by atoms with Crippen molar-refractivity contribution in [2.24, 2.45) is 7.05 Å². The summed E-state index contributed by atoms with van der Waals surface area (Å²) in [5.41, 5.74) is 0. The number of carbonyl (C=O) groups excluding carboxylic acids is 5. The van der Waals surface area contributed by atoms with E-state index in [1.165, 1.54) is 4.57 Å². The maximum absolute atomic E-state index is 12.6. The quantitative estimate of drug-likeness (QED) is 0.244. The van der Waals surface area contributed by atoms with Crippen LogP contribution in [-0.2, 0) is 35.7 Å². The molecular formula is C18H24N5O7+. The minimum absolute atomic E-state index is 0.00737. The highest BCUT2D eigenvalue weighted by atomic mass is 16.6. The lowest BCUT2D eigenvalue weighted by molar-refractivity contribution is -0.670. The SMILES string of the molecule is C[n+]1ccn(C(=O)CN(CCN2CC(=O)OC(=O)C2)CCN2CC(=O)OC(=O)C2)c1. The van der Waals surface area contributed by atoms with Gasteiger partial charge >= 0.3 is 29.8 Å². The molecule has 30 heavy (non-hydrogen) atoms. The average molecular weight is 422 g/mol. The van der Waals surface area contributed by atoms with Gasteiger partial charge in [0.15, 0.2) is 0 Å². The Morgan fingerprint density at radius 3 is 1.80 bits per heavy atom. The van der Waals surface area contributed by atoms with Crippen molar-refractivity contribution < 1.29 is 38.0 Å². The number of aryl methyl sites for hydroxylation is 1. The first-order valence-electron chi connectivity index (χ1n) is 9.49. The summed E-state index contributed by atoms with van der Waals surface area (Å²) in [6, 6.07) is 0. The molecule has 0 bridgehead atoms. The maximum atomic E-state index is 12.6. The minimum atomic E-state index is -0.598. The van der Waals surface area contributed by atoms with Crippen molar-refractivity contribution in [3.8, 4) is 0 Å². The van der Waals surface area contributed by atoms with Crippen LogP contribution in [0.4, 0.5) is 0 Å². The smallest absolute Gasteiger partial charge is 0.328 e. The van der Waals surface area contributed by atoms with Crippen LogP contribution < -0.4 is 4.57 Å². The summed E-state index contributed by atoms with van der Waals surface area (Å²) in [7, 11) is 1.81.